The summed E-state index contributed by atoms with van der Waals surface area (Å²) in [5.74, 6) is 0.384. The number of carbonyl (C=O) groups excluding carboxylic acids is 1. The number of pyridine rings is 2. The van der Waals surface area contributed by atoms with Gasteiger partial charge in [-0.2, -0.15) is 5.10 Å². The molecule has 0 aliphatic rings. The van der Waals surface area contributed by atoms with Gasteiger partial charge in [-0.25, -0.2) is 13.9 Å². The number of fused-ring (bicyclic) bond motifs is 1. The molecule has 9 nitrogen and oxygen atoms in total. The van der Waals surface area contributed by atoms with E-state index < -0.39 is 11.8 Å². The van der Waals surface area contributed by atoms with Crippen LogP contribution in [0.5, 0.6) is 11.5 Å². The lowest BCUT2D eigenvalue weighted by Crippen LogP contribution is -2.22. The highest BCUT2D eigenvalue weighted by Gasteiger charge is 2.22. The molecule has 0 radical (unpaired) electrons. The second-order valence-electron chi connectivity index (χ2n) is 9.92. The van der Waals surface area contributed by atoms with E-state index in [4.69, 9.17) is 9.84 Å². The highest BCUT2D eigenvalue weighted by atomic mass is 19.1. The maximum absolute atomic E-state index is 14.9. The molecule has 0 atom stereocenters. The van der Waals surface area contributed by atoms with Gasteiger partial charge in [0.05, 0.1) is 34.9 Å². The predicted molar refractivity (Wildman–Crippen MR) is 147 cm³/mol. The first-order chi connectivity index (χ1) is 18.7. The molecule has 3 heterocycles. The third-order valence-corrected chi connectivity index (χ3v) is 5.93. The molecule has 0 aliphatic heterocycles. The van der Waals surface area contributed by atoms with Crippen LogP contribution in [-0.4, -0.2) is 30.9 Å². The van der Waals surface area contributed by atoms with Crippen molar-refractivity contribution in [2.45, 2.75) is 32.8 Å². The van der Waals surface area contributed by atoms with E-state index in [0.29, 0.717) is 17.3 Å². The van der Waals surface area contributed by atoms with E-state index in [9.17, 15) is 14.3 Å². The minimum atomic E-state index is -0.676. The molecule has 5 aromatic rings. The Morgan fingerprint density at radius 1 is 0.974 bits per heavy atom. The topological polar surface area (TPSA) is 114 Å². The number of hydrogen-bond donors (Lipinski definition) is 3. The van der Waals surface area contributed by atoms with E-state index in [1.165, 1.54) is 24.4 Å². The zero-order valence-electron chi connectivity index (χ0n) is 21.6. The first-order valence-corrected chi connectivity index (χ1v) is 12.3. The fourth-order valence-corrected chi connectivity index (χ4v) is 3.90. The molecule has 0 saturated heterocycles. The third-order valence-electron chi connectivity index (χ3n) is 5.93. The maximum Gasteiger partial charge on any atom is 0.324 e. The van der Waals surface area contributed by atoms with E-state index in [0.717, 1.165) is 22.3 Å². The van der Waals surface area contributed by atoms with Gasteiger partial charge in [-0.3, -0.25) is 15.3 Å². The first kappa shape index (κ1) is 25.8. The van der Waals surface area contributed by atoms with Crippen molar-refractivity contribution in [2.24, 2.45) is 0 Å². The number of urea groups is 1. The Morgan fingerprint density at radius 2 is 1.79 bits per heavy atom. The summed E-state index contributed by atoms with van der Waals surface area (Å²) in [6.07, 6.45) is 3.22. The number of halogens is 1. The normalized spacial score (nSPS) is 11.4. The lowest BCUT2D eigenvalue weighted by atomic mass is 9.92. The smallest absolute Gasteiger partial charge is 0.324 e. The van der Waals surface area contributed by atoms with Crippen molar-refractivity contribution in [3.63, 3.8) is 0 Å². The monoisotopic (exact) mass is 526 g/mol. The average molecular weight is 527 g/mol. The van der Waals surface area contributed by atoms with Gasteiger partial charge in [0.15, 0.2) is 0 Å². The molecule has 5 rings (SSSR count). The molecule has 3 N–H and O–H groups in total. The number of aromatic nitrogens is 4. The summed E-state index contributed by atoms with van der Waals surface area (Å²) in [5.41, 5.74) is 2.50. The fraction of sp³-hybridized carbons (Fsp3) is 0.172. The molecule has 0 saturated carbocycles. The van der Waals surface area contributed by atoms with Crippen molar-refractivity contribution in [2.75, 3.05) is 10.6 Å². The van der Waals surface area contributed by atoms with Crippen molar-refractivity contribution >= 4 is 28.4 Å². The molecule has 10 heteroatoms. The minimum absolute atomic E-state index is 0.0236. The number of ether oxygens (including phenoxy) is 1. The average Bonchev–Trinajstić information content (AvgIpc) is 3.34. The number of carbonyl (C=O) groups is 1. The fourth-order valence-electron chi connectivity index (χ4n) is 3.90. The van der Waals surface area contributed by atoms with Crippen molar-refractivity contribution in [3.8, 4) is 17.2 Å². The summed E-state index contributed by atoms with van der Waals surface area (Å²) in [4.78, 5) is 21.3. The lowest BCUT2D eigenvalue weighted by Gasteiger charge is -2.14. The molecule has 0 bridgehead atoms. The molecule has 0 fully saturated rings. The Labute approximate surface area is 224 Å². The van der Waals surface area contributed by atoms with Gasteiger partial charge in [0.2, 0.25) is 0 Å². The Kier molecular flexibility index (Phi) is 6.95. The Hall–Kier alpha value is -4.83. The number of anilines is 2. The van der Waals surface area contributed by atoms with Gasteiger partial charge in [0.1, 0.15) is 23.1 Å². The summed E-state index contributed by atoms with van der Waals surface area (Å²) in [5, 5.41) is 20.3. The number of aliphatic hydroxyl groups is 1. The minimum Gasteiger partial charge on any atom is -0.457 e. The molecule has 0 unspecified atom stereocenters. The number of rotatable bonds is 6. The van der Waals surface area contributed by atoms with Crippen LogP contribution in [0.2, 0.25) is 0 Å². The van der Waals surface area contributed by atoms with Gasteiger partial charge in [-0.15, -0.1) is 0 Å². The highest BCUT2D eigenvalue weighted by Crippen LogP contribution is 2.29. The van der Waals surface area contributed by atoms with E-state index in [-0.39, 0.29) is 23.5 Å². The van der Waals surface area contributed by atoms with Crippen molar-refractivity contribution in [1.29, 1.82) is 0 Å². The van der Waals surface area contributed by atoms with Crippen LogP contribution in [-0.2, 0) is 12.0 Å². The second kappa shape index (κ2) is 10.5. The number of benzene rings is 2. The van der Waals surface area contributed by atoms with E-state index >= 15 is 0 Å². The maximum atomic E-state index is 14.9. The molecule has 198 valence electrons. The van der Waals surface area contributed by atoms with Crippen LogP contribution in [0.1, 0.15) is 32.2 Å². The molecule has 39 heavy (non-hydrogen) atoms. The number of aliphatic hydroxyl groups excluding tert-OH is 1. The van der Waals surface area contributed by atoms with Gasteiger partial charge in [0, 0.05) is 41.4 Å². The van der Waals surface area contributed by atoms with Crippen molar-refractivity contribution < 1.29 is 19.0 Å². The molecule has 3 aromatic heterocycles. The summed E-state index contributed by atoms with van der Waals surface area (Å²) in [6, 6.07) is 17.9. The predicted octanol–water partition coefficient (Wildman–Crippen LogP) is 6.18. The summed E-state index contributed by atoms with van der Waals surface area (Å²) < 4.78 is 22.2. The zero-order valence-corrected chi connectivity index (χ0v) is 21.6. The van der Waals surface area contributed by atoms with Gasteiger partial charge in [0.25, 0.3) is 0 Å². The summed E-state index contributed by atoms with van der Waals surface area (Å²) in [6.45, 7) is 5.86. The SMILES string of the molecule is CC(C)(C)c1cc(NC(=O)Nc2ccc(Oc3ccnc(CO)c3)cc2F)n(-c2ccc3ncccc3c2)n1. The molecule has 2 aromatic carbocycles. The van der Waals surface area contributed by atoms with Gasteiger partial charge in [-0.1, -0.05) is 26.8 Å². The van der Waals surface area contributed by atoms with E-state index in [2.05, 4.69) is 20.6 Å². The van der Waals surface area contributed by atoms with Crippen LogP contribution in [0, 0.1) is 5.82 Å². The quantitative estimate of drug-likeness (QED) is 0.243. The zero-order chi connectivity index (χ0) is 27.6. The third kappa shape index (κ3) is 5.86. The van der Waals surface area contributed by atoms with E-state index in [1.54, 1.807) is 29.1 Å². The molecular formula is C29H27FN6O3. The Balaban J connectivity index is 1.36. The van der Waals surface area contributed by atoms with Crippen LogP contribution in [0.15, 0.2) is 79.1 Å². The van der Waals surface area contributed by atoms with Gasteiger partial charge in [-0.05, 0) is 42.5 Å². The summed E-state index contributed by atoms with van der Waals surface area (Å²) in [7, 11) is 0. The first-order valence-electron chi connectivity index (χ1n) is 12.3. The Bertz CT molecular complexity index is 1660. The number of nitrogens with zero attached hydrogens (tertiary/aromatic N) is 4. The number of hydrogen-bond acceptors (Lipinski definition) is 6. The van der Waals surface area contributed by atoms with Crippen LogP contribution >= 0.6 is 0 Å². The molecule has 2 amide bonds. The van der Waals surface area contributed by atoms with Crippen LogP contribution in [0.4, 0.5) is 20.7 Å². The number of amides is 2. The second-order valence-corrected chi connectivity index (χ2v) is 9.92. The van der Waals surface area contributed by atoms with Gasteiger partial charge >= 0.3 is 6.03 Å². The standard InChI is InChI=1S/C29H27FN6O3/c1-29(2,3)26-16-27(36(35-26)20-6-8-24-18(13-20)5-4-11-32-24)34-28(38)33-25-9-7-21(15-23(25)30)39-22-10-12-31-19(14-22)17-37/h4-16,37H,17H2,1-3H3,(H2,33,34,38). The van der Waals surface area contributed by atoms with Crippen LogP contribution in [0.3, 0.4) is 0 Å². The van der Waals surface area contributed by atoms with Crippen molar-refractivity contribution in [3.05, 3.63) is 96.3 Å². The van der Waals surface area contributed by atoms with Crippen molar-refractivity contribution in [1.82, 2.24) is 19.7 Å². The van der Waals surface area contributed by atoms with Gasteiger partial charge < -0.3 is 15.2 Å². The van der Waals surface area contributed by atoms with E-state index in [1.807, 2.05) is 51.1 Å². The van der Waals surface area contributed by atoms with Crippen LogP contribution < -0.4 is 15.4 Å². The number of nitrogens with one attached hydrogen (secondary N) is 2. The molecule has 0 aliphatic carbocycles. The van der Waals surface area contributed by atoms with Crippen LogP contribution in [0.25, 0.3) is 16.6 Å². The largest absolute Gasteiger partial charge is 0.457 e. The Morgan fingerprint density at radius 3 is 2.56 bits per heavy atom. The summed E-state index contributed by atoms with van der Waals surface area (Å²) >= 11 is 0. The highest BCUT2D eigenvalue weighted by molar-refractivity contribution is 5.99. The molecule has 0 spiro atoms. The molecular weight excluding hydrogens is 499 g/mol. The lowest BCUT2D eigenvalue weighted by molar-refractivity contribution is 0.262.